The van der Waals surface area contributed by atoms with Crippen LogP contribution >= 0.6 is 0 Å². The van der Waals surface area contributed by atoms with Crippen molar-refractivity contribution in [2.75, 3.05) is 0 Å². The quantitative estimate of drug-likeness (QED) is 0.714. The van der Waals surface area contributed by atoms with E-state index >= 15 is 0 Å². The van der Waals surface area contributed by atoms with Gasteiger partial charge in [-0.3, -0.25) is 0 Å². The van der Waals surface area contributed by atoms with Gasteiger partial charge >= 0.3 is 0 Å². The smallest absolute Gasteiger partial charge is 0.155 e. The van der Waals surface area contributed by atoms with Gasteiger partial charge in [0.15, 0.2) is 5.65 Å². The lowest BCUT2D eigenvalue weighted by Crippen LogP contribution is -1.89. The van der Waals surface area contributed by atoms with E-state index in [-0.39, 0.29) is 0 Å². The Labute approximate surface area is 77.4 Å². The Morgan fingerprint density at radius 1 is 1.46 bits per heavy atom. The molecule has 0 saturated carbocycles. The third-order valence-electron chi connectivity index (χ3n) is 2.07. The van der Waals surface area contributed by atoms with E-state index in [1.807, 2.05) is 16.8 Å². The van der Waals surface area contributed by atoms with Gasteiger partial charge in [0.1, 0.15) is 0 Å². The number of hydrogen-bond acceptors (Lipinski definition) is 2. The van der Waals surface area contributed by atoms with Gasteiger partial charge in [-0.15, -0.1) is 0 Å². The van der Waals surface area contributed by atoms with E-state index < -0.39 is 0 Å². The highest BCUT2D eigenvalue weighted by molar-refractivity contribution is 5.38. The van der Waals surface area contributed by atoms with Gasteiger partial charge in [0.25, 0.3) is 0 Å². The van der Waals surface area contributed by atoms with Gasteiger partial charge in [0.05, 0.1) is 5.69 Å². The molecular weight excluding hydrogens is 162 g/mol. The predicted molar refractivity (Wildman–Crippen MR) is 51.6 cm³/mol. The molecular formula is C10H13N3. The first-order valence-electron chi connectivity index (χ1n) is 4.69. The van der Waals surface area contributed by atoms with Crippen molar-refractivity contribution in [2.45, 2.75) is 26.2 Å². The highest BCUT2D eigenvalue weighted by Gasteiger charge is 1.99. The molecule has 0 fully saturated rings. The van der Waals surface area contributed by atoms with E-state index in [9.17, 15) is 0 Å². The largest absolute Gasteiger partial charge is 0.237 e. The van der Waals surface area contributed by atoms with E-state index in [1.165, 1.54) is 12.8 Å². The summed E-state index contributed by atoms with van der Waals surface area (Å²) in [5.41, 5.74) is 2.08. The lowest BCUT2D eigenvalue weighted by atomic mass is 10.2. The van der Waals surface area contributed by atoms with Crippen LogP contribution in [0.1, 0.15) is 25.5 Å². The molecule has 0 N–H and O–H groups in total. The minimum Gasteiger partial charge on any atom is -0.237 e. The molecule has 0 atom stereocenters. The van der Waals surface area contributed by atoms with E-state index in [2.05, 4.69) is 23.1 Å². The van der Waals surface area contributed by atoms with Crippen molar-refractivity contribution >= 4 is 5.65 Å². The summed E-state index contributed by atoms with van der Waals surface area (Å²) in [5.74, 6) is 0. The van der Waals surface area contributed by atoms with Crippen LogP contribution in [0, 0.1) is 0 Å². The zero-order valence-electron chi connectivity index (χ0n) is 7.77. The molecule has 0 aliphatic heterocycles. The fourth-order valence-corrected chi connectivity index (χ4v) is 1.36. The first-order chi connectivity index (χ1) is 6.40. The van der Waals surface area contributed by atoms with Crippen LogP contribution in [-0.4, -0.2) is 14.6 Å². The average Bonchev–Trinajstić information content (AvgIpc) is 2.57. The van der Waals surface area contributed by atoms with E-state index in [0.29, 0.717) is 0 Å². The van der Waals surface area contributed by atoms with Gasteiger partial charge in [-0.05, 0) is 18.9 Å². The van der Waals surface area contributed by atoms with Crippen LogP contribution in [0.15, 0.2) is 24.5 Å². The molecule has 2 rings (SSSR count). The zero-order chi connectivity index (χ0) is 9.10. The zero-order valence-corrected chi connectivity index (χ0v) is 7.77. The molecule has 0 radical (unpaired) electrons. The Balaban J connectivity index is 2.28. The molecule has 13 heavy (non-hydrogen) atoms. The first-order valence-corrected chi connectivity index (χ1v) is 4.69. The molecule has 0 unspecified atom stereocenters. The summed E-state index contributed by atoms with van der Waals surface area (Å²) in [7, 11) is 0. The molecule has 2 heterocycles. The number of fused-ring (bicyclic) bond motifs is 1. The van der Waals surface area contributed by atoms with Gasteiger partial charge in [-0.25, -0.2) is 9.50 Å². The molecule has 3 nitrogen and oxygen atoms in total. The maximum absolute atomic E-state index is 4.40. The van der Waals surface area contributed by atoms with E-state index in [0.717, 1.165) is 17.8 Å². The van der Waals surface area contributed by atoms with Crippen molar-refractivity contribution in [3.05, 3.63) is 30.2 Å². The SMILES string of the molecule is CCCCc1cc2ncccn2n1. The van der Waals surface area contributed by atoms with Gasteiger partial charge in [-0.2, -0.15) is 5.10 Å². The Hall–Kier alpha value is -1.38. The second kappa shape index (κ2) is 3.56. The summed E-state index contributed by atoms with van der Waals surface area (Å²) in [5, 5.41) is 4.40. The van der Waals surface area contributed by atoms with Crippen molar-refractivity contribution in [1.29, 1.82) is 0 Å². The molecule has 0 aliphatic rings. The first kappa shape index (κ1) is 8.23. The molecule has 0 spiro atoms. The predicted octanol–water partition coefficient (Wildman–Crippen LogP) is 2.07. The lowest BCUT2D eigenvalue weighted by molar-refractivity contribution is 0.761. The fourth-order valence-electron chi connectivity index (χ4n) is 1.36. The number of nitrogens with zero attached hydrogens (tertiary/aromatic N) is 3. The van der Waals surface area contributed by atoms with Crippen LogP contribution in [0.25, 0.3) is 5.65 Å². The summed E-state index contributed by atoms with van der Waals surface area (Å²) >= 11 is 0. The summed E-state index contributed by atoms with van der Waals surface area (Å²) < 4.78 is 1.82. The summed E-state index contributed by atoms with van der Waals surface area (Å²) in [6.45, 7) is 2.19. The highest BCUT2D eigenvalue weighted by atomic mass is 15.2. The Morgan fingerprint density at radius 3 is 3.15 bits per heavy atom. The van der Waals surface area contributed by atoms with Crippen LogP contribution in [0.5, 0.6) is 0 Å². The molecule has 0 bridgehead atoms. The minimum absolute atomic E-state index is 0.939. The molecule has 0 saturated heterocycles. The highest BCUT2D eigenvalue weighted by Crippen LogP contribution is 2.05. The molecule has 68 valence electrons. The Morgan fingerprint density at radius 2 is 2.38 bits per heavy atom. The van der Waals surface area contributed by atoms with Crippen molar-refractivity contribution in [2.24, 2.45) is 0 Å². The monoisotopic (exact) mass is 175 g/mol. The third kappa shape index (κ3) is 1.69. The van der Waals surface area contributed by atoms with Crippen LogP contribution in [0.4, 0.5) is 0 Å². The van der Waals surface area contributed by atoms with Crippen molar-refractivity contribution in [1.82, 2.24) is 14.6 Å². The Bertz CT molecular complexity index is 359. The molecule has 0 aliphatic carbocycles. The van der Waals surface area contributed by atoms with Crippen LogP contribution in [0.2, 0.25) is 0 Å². The molecule has 3 heteroatoms. The second-order valence-corrected chi connectivity index (χ2v) is 3.16. The number of aromatic nitrogens is 3. The van der Waals surface area contributed by atoms with Crippen molar-refractivity contribution in [3.63, 3.8) is 0 Å². The van der Waals surface area contributed by atoms with Crippen LogP contribution in [-0.2, 0) is 6.42 Å². The molecule has 2 aromatic rings. The minimum atomic E-state index is 0.939. The second-order valence-electron chi connectivity index (χ2n) is 3.16. The summed E-state index contributed by atoms with van der Waals surface area (Å²) in [4.78, 5) is 4.21. The van der Waals surface area contributed by atoms with Crippen LogP contribution in [0.3, 0.4) is 0 Å². The maximum atomic E-state index is 4.40. The van der Waals surface area contributed by atoms with Crippen molar-refractivity contribution < 1.29 is 0 Å². The standard InChI is InChI=1S/C10H13N3/c1-2-3-5-9-8-10-11-6-4-7-13(10)12-9/h4,6-8H,2-3,5H2,1H3. The van der Waals surface area contributed by atoms with E-state index in [4.69, 9.17) is 0 Å². The lowest BCUT2D eigenvalue weighted by Gasteiger charge is -1.90. The maximum Gasteiger partial charge on any atom is 0.155 e. The normalized spacial score (nSPS) is 10.8. The molecule has 0 amide bonds. The Kier molecular flexibility index (Phi) is 2.25. The third-order valence-corrected chi connectivity index (χ3v) is 2.07. The topological polar surface area (TPSA) is 30.2 Å². The van der Waals surface area contributed by atoms with E-state index in [1.54, 1.807) is 6.20 Å². The summed E-state index contributed by atoms with van der Waals surface area (Å²) in [6, 6.07) is 3.94. The van der Waals surface area contributed by atoms with Gasteiger partial charge < -0.3 is 0 Å². The van der Waals surface area contributed by atoms with Gasteiger partial charge in [0, 0.05) is 18.5 Å². The fraction of sp³-hybridized carbons (Fsp3) is 0.400. The number of aryl methyl sites for hydroxylation is 1. The summed E-state index contributed by atoms with van der Waals surface area (Å²) in [6.07, 6.45) is 7.18. The van der Waals surface area contributed by atoms with Crippen molar-refractivity contribution in [3.8, 4) is 0 Å². The number of unbranched alkanes of at least 4 members (excludes halogenated alkanes) is 1. The number of rotatable bonds is 3. The van der Waals surface area contributed by atoms with Gasteiger partial charge in [-0.1, -0.05) is 13.3 Å². The molecule has 2 aromatic heterocycles. The molecule has 0 aromatic carbocycles. The van der Waals surface area contributed by atoms with Gasteiger partial charge in [0.2, 0.25) is 0 Å². The average molecular weight is 175 g/mol. The van der Waals surface area contributed by atoms with Crippen LogP contribution < -0.4 is 0 Å². The number of hydrogen-bond donors (Lipinski definition) is 0.